The van der Waals surface area contributed by atoms with E-state index in [1.165, 1.54) is 6.33 Å². The summed E-state index contributed by atoms with van der Waals surface area (Å²) in [5, 5.41) is 6.68. The molecule has 1 N–H and O–H groups in total. The zero-order valence-electron chi connectivity index (χ0n) is 11.8. The smallest absolute Gasteiger partial charge is 0.255 e. The lowest BCUT2D eigenvalue weighted by Crippen LogP contribution is -2.38. The zero-order valence-corrected chi connectivity index (χ0v) is 11.8. The van der Waals surface area contributed by atoms with Crippen LogP contribution in [0, 0.1) is 0 Å². The number of H-pyrrole nitrogens is 1. The van der Waals surface area contributed by atoms with Gasteiger partial charge in [0.1, 0.15) is 6.33 Å². The Morgan fingerprint density at radius 2 is 2.14 bits per heavy atom. The van der Waals surface area contributed by atoms with Gasteiger partial charge in [0.05, 0.1) is 24.1 Å². The van der Waals surface area contributed by atoms with E-state index in [9.17, 15) is 4.79 Å². The summed E-state index contributed by atoms with van der Waals surface area (Å²) in [5.41, 5.74) is 2.45. The van der Waals surface area contributed by atoms with Crippen molar-refractivity contribution in [3.05, 3.63) is 54.4 Å². The fourth-order valence-electron chi connectivity index (χ4n) is 2.74. The van der Waals surface area contributed by atoms with E-state index in [2.05, 4.69) is 24.7 Å². The van der Waals surface area contributed by atoms with Crippen molar-refractivity contribution in [1.29, 1.82) is 0 Å². The number of fused-ring (bicyclic) bond motifs is 1. The Balaban J connectivity index is 1.67. The third-order valence-electron chi connectivity index (χ3n) is 3.88. The number of aromatic nitrogens is 5. The number of rotatable bonds is 2. The number of amides is 1. The molecule has 0 saturated carbocycles. The van der Waals surface area contributed by atoms with E-state index in [-0.39, 0.29) is 5.91 Å². The Labute approximate surface area is 126 Å². The molecule has 7 nitrogen and oxygen atoms in total. The monoisotopic (exact) mass is 294 g/mol. The minimum atomic E-state index is -0.000509. The third-order valence-corrected chi connectivity index (χ3v) is 3.88. The second-order valence-electron chi connectivity index (χ2n) is 5.18. The van der Waals surface area contributed by atoms with Crippen molar-refractivity contribution in [1.82, 2.24) is 29.6 Å². The topological polar surface area (TPSA) is 79.7 Å². The summed E-state index contributed by atoms with van der Waals surface area (Å²) >= 11 is 0. The number of imidazole rings is 1. The molecule has 110 valence electrons. The van der Waals surface area contributed by atoms with Crippen LogP contribution in [0.5, 0.6) is 0 Å². The summed E-state index contributed by atoms with van der Waals surface area (Å²) in [4.78, 5) is 23.0. The minimum absolute atomic E-state index is 0.000509. The van der Waals surface area contributed by atoms with Gasteiger partial charge < -0.3 is 9.47 Å². The molecule has 1 aromatic carbocycles. The molecule has 0 radical (unpaired) electrons. The van der Waals surface area contributed by atoms with Crippen LogP contribution in [0.1, 0.15) is 16.1 Å². The minimum Gasteiger partial charge on any atom is -0.331 e. The van der Waals surface area contributed by atoms with Crippen molar-refractivity contribution in [3.63, 3.8) is 0 Å². The first-order valence-electron chi connectivity index (χ1n) is 7.06. The summed E-state index contributed by atoms with van der Waals surface area (Å²) in [6.45, 7) is 2.02. The van der Waals surface area contributed by atoms with Crippen LogP contribution in [0.15, 0.2) is 43.1 Å². The first kappa shape index (κ1) is 12.8. The molecule has 0 unspecified atom stereocenters. The van der Waals surface area contributed by atoms with Crippen LogP contribution in [-0.4, -0.2) is 42.1 Å². The Hall–Kier alpha value is -2.96. The van der Waals surface area contributed by atoms with E-state index in [0.717, 1.165) is 17.8 Å². The van der Waals surface area contributed by atoms with Gasteiger partial charge in [0.25, 0.3) is 5.91 Å². The highest BCUT2D eigenvalue weighted by molar-refractivity contribution is 6.00. The van der Waals surface area contributed by atoms with Crippen LogP contribution < -0.4 is 0 Å². The number of carbonyl (C=O) groups excluding carboxylic acids is 1. The van der Waals surface area contributed by atoms with E-state index in [0.29, 0.717) is 24.5 Å². The van der Waals surface area contributed by atoms with E-state index >= 15 is 0 Å². The van der Waals surface area contributed by atoms with Gasteiger partial charge in [0.15, 0.2) is 5.82 Å². The van der Waals surface area contributed by atoms with Crippen molar-refractivity contribution in [3.8, 4) is 11.4 Å². The number of hydrogen-bond donors (Lipinski definition) is 1. The maximum atomic E-state index is 12.9. The molecule has 1 amide bonds. The summed E-state index contributed by atoms with van der Waals surface area (Å²) in [6, 6.07) is 7.45. The van der Waals surface area contributed by atoms with Crippen LogP contribution >= 0.6 is 0 Å². The first-order chi connectivity index (χ1) is 10.8. The van der Waals surface area contributed by atoms with E-state index in [1.807, 2.05) is 35.4 Å². The molecular formula is C15H14N6O. The summed E-state index contributed by atoms with van der Waals surface area (Å²) in [7, 11) is 0. The quantitative estimate of drug-likeness (QED) is 0.773. The number of carbonyl (C=O) groups is 1. The molecule has 2 aromatic heterocycles. The molecule has 3 heterocycles. The largest absolute Gasteiger partial charge is 0.331 e. The standard InChI is InChI=1S/C15H14N6O/c22-15(20-5-6-21-10-16-7-11(21)8-20)13-4-2-1-3-12(13)14-17-9-18-19-14/h1-4,7,9-10H,5-6,8H2,(H,17,18,19). The first-order valence-corrected chi connectivity index (χ1v) is 7.06. The highest BCUT2D eigenvalue weighted by Gasteiger charge is 2.24. The van der Waals surface area contributed by atoms with E-state index in [1.54, 1.807) is 6.33 Å². The lowest BCUT2D eigenvalue weighted by atomic mass is 10.1. The molecule has 0 fully saturated rings. The molecule has 3 aromatic rings. The molecule has 22 heavy (non-hydrogen) atoms. The fourth-order valence-corrected chi connectivity index (χ4v) is 2.74. The van der Waals surface area contributed by atoms with E-state index in [4.69, 9.17) is 0 Å². The zero-order chi connectivity index (χ0) is 14.9. The highest BCUT2D eigenvalue weighted by atomic mass is 16.2. The predicted octanol–water partition coefficient (Wildman–Crippen LogP) is 1.32. The SMILES string of the molecule is O=C(c1ccccc1-c1ncn[nH]1)N1CCn2cncc2C1. The number of hydrogen-bond acceptors (Lipinski definition) is 4. The van der Waals surface area contributed by atoms with Gasteiger partial charge in [-0.1, -0.05) is 18.2 Å². The van der Waals surface area contributed by atoms with Gasteiger partial charge in [-0.05, 0) is 6.07 Å². The number of nitrogens with zero attached hydrogens (tertiary/aromatic N) is 5. The van der Waals surface area contributed by atoms with Crippen molar-refractivity contribution in [2.75, 3.05) is 6.54 Å². The lowest BCUT2D eigenvalue weighted by Gasteiger charge is -2.28. The van der Waals surface area contributed by atoms with E-state index < -0.39 is 0 Å². The average molecular weight is 294 g/mol. The molecule has 1 aliphatic heterocycles. The molecular weight excluding hydrogens is 280 g/mol. The molecule has 0 atom stereocenters. The Morgan fingerprint density at radius 3 is 3.00 bits per heavy atom. The van der Waals surface area contributed by atoms with Gasteiger partial charge in [-0.25, -0.2) is 9.97 Å². The average Bonchev–Trinajstić information content (AvgIpc) is 3.24. The second kappa shape index (κ2) is 5.10. The molecule has 1 aliphatic rings. The molecule has 0 saturated heterocycles. The van der Waals surface area contributed by atoms with Crippen LogP contribution in [0.25, 0.3) is 11.4 Å². The van der Waals surface area contributed by atoms with Crippen molar-refractivity contribution >= 4 is 5.91 Å². The fraction of sp³-hybridized carbons (Fsp3) is 0.200. The number of nitrogens with one attached hydrogen (secondary N) is 1. The van der Waals surface area contributed by atoms with Crippen molar-refractivity contribution in [2.45, 2.75) is 13.1 Å². The summed E-state index contributed by atoms with van der Waals surface area (Å²) in [6.07, 6.45) is 5.05. The van der Waals surface area contributed by atoms with Crippen LogP contribution in [-0.2, 0) is 13.1 Å². The molecule has 7 heteroatoms. The maximum Gasteiger partial charge on any atom is 0.255 e. The normalized spacial score (nSPS) is 13.9. The van der Waals surface area contributed by atoms with Gasteiger partial charge in [0, 0.05) is 24.8 Å². The number of benzene rings is 1. The highest BCUT2D eigenvalue weighted by Crippen LogP contribution is 2.23. The van der Waals surface area contributed by atoms with Gasteiger partial charge in [0.2, 0.25) is 0 Å². The van der Waals surface area contributed by atoms with Crippen LogP contribution in [0.2, 0.25) is 0 Å². The van der Waals surface area contributed by atoms with Crippen LogP contribution in [0.4, 0.5) is 0 Å². The van der Waals surface area contributed by atoms with Gasteiger partial charge >= 0.3 is 0 Å². The van der Waals surface area contributed by atoms with Gasteiger partial charge in [-0.2, -0.15) is 5.10 Å². The van der Waals surface area contributed by atoms with Gasteiger partial charge in [-0.3, -0.25) is 9.89 Å². The van der Waals surface area contributed by atoms with Crippen LogP contribution in [0.3, 0.4) is 0 Å². The second-order valence-corrected chi connectivity index (χ2v) is 5.18. The van der Waals surface area contributed by atoms with Crippen molar-refractivity contribution in [2.24, 2.45) is 0 Å². The third kappa shape index (κ3) is 2.07. The molecule has 0 aliphatic carbocycles. The Kier molecular flexibility index (Phi) is 2.96. The maximum absolute atomic E-state index is 12.9. The number of aromatic amines is 1. The predicted molar refractivity (Wildman–Crippen MR) is 78.8 cm³/mol. The molecule has 0 bridgehead atoms. The summed E-state index contributed by atoms with van der Waals surface area (Å²) < 4.78 is 2.08. The Bertz CT molecular complexity index is 807. The van der Waals surface area contributed by atoms with Gasteiger partial charge in [-0.15, -0.1) is 0 Å². The van der Waals surface area contributed by atoms with Crippen molar-refractivity contribution < 1.29 is 4.79 Å². The Morgan fingerprint density at radius 1 is 1.23 bits per heavy atom. The molecule has 0 spiro atoms. The lowest BCUT2D eigenvalue weighted by molar-refractivity contribution is 0.0712. The summed E-state index contributed by atoms with van der Waals surface area (Å²) in [5.74, 6) is 0.602. The molecule has 4 rings (SSSR count).